The van der Waals surface area contributed by atoms with E-state index in [4.69, 9.17) is 11.6 Å². The van der Waals surface area contributed by atoms with E-state index in [2.05, 4.69) is 5.32 Å². The van der Waals surface area contributed by atoms with E-state index in [1.165, 1.54) is 6.08 Å². The van der Waals surface area contributed by atoms with E-state index in [1.807, 2.05) is 6.07 Å². The largest absolute Gasteiger partial charge is 0.318 e. The molecule has 0 aliphatic carbocycles. The molecule has 0 spiro atoms. The zero-order valence-corrected chi connectivity index (χ0v) is 11.9. The lowest BCUT2D eigenvalue weighted by Gasteiger charge is -2.05. The molecule has 2 aromatic carbocycles. The number of carbonyl (C=O) groups excluding carboxylic acids is 1. The van der Waals surface area contributed by atoms with Gasteiger partial charge in [0.05, 0.1) is 10.6 Å². The van der Waals surface area contributed by atoms with Crippen molar-refractivity contribution in [1.29, 1.82) is 0 Å². The van der Waals surface area contributed by atoms with Crippen LogP contribution in [0.15, 0.2) is 53.6 Å². The summed E-state index contributed by atoms with van der Waals surface area (Å²) in [5.41, 5.74) is 0.0563. The van der Waals surface area contributed by atoms with Gasteiger partial charge in [0.15, 0.2) is 0 Å². The Kier molecular flexibility index (Phi) is 4.85. The van der Waals surface area contributed by atoms with Gasteiger partial charge in [-0.1, -0.05) is 41.9 Å². The molecular formula is C15H10ClFN2O3. The van der Waals surface area contributed by atoms with E-state index in [0.29, 0.717) is 5.56 Å². The van der Waals surface area contributed by atoms with Crippen molar-refractivity contribution in [2.24, 2.45) is 0 Å². The molecule has 0 unspecified atom stereocenters. The Hall–Kier alpha value is -2.73. The minimum atomic E-state index is -0.789. The monoisotopic (exact) mass is 320 g/mol. The number of nitrogens with one attached hydrogen (secondary N) is 1. The summed E-state index contributed by atoms with van der Waals surface area (Å²) in [7, 11) is 0. The molecule has 2 aromatic rings. The molecule has 0 aliphatic heterocycles. The first-order valence-corrected chi connectivity index (χ1v) is 6.52. The van der Waals surface area contributed by atoms with Crippen molar-refractivity contribution in [3.05, 3.63) is 75.1 Å². The van der Waals surface area contributed by atoms with Crippen LogP contribution in [-0.4, -0.2) is 10.8 Å². The Labute approximate surface area is 130 Å². The summed E-state index contributed by atoms with van der Waals surface area (Å²) in [5, 5.41) is 12.7. The number of carbonyl (C=O) groups is 1. The van der Waals surface area contributed by atoms with E-state index in [-0.39, 0.29) is 16.4 Å². The number of amides is 1. The van der Waals surface area contributed by atoms with Crippen LogP contribution in [-0.2, 0) is 4.79 Å². The lowest BCUT2D eigenvalue weighted by Crippen LogP contribution is -2.12. The molecule has 1 amide bonds. The molecule has 5 nitrogen and oxygen atoms in total. The molecule has 0 aromatic heterocycles. The van der Waals surface area contributed by atoms with Crippen LogP contribution < -0.4 is 5.32 Å². The van der Waals surface area contributed by atoms with E-state index in [0.717, 1.165) is 18.2 Å². The molecule has 0 atom stereocenters. The minimum Gasteiger partial charge on any atom is -0.318 e. The first kappa shape index (κ1) is 15.7. The van der Waals surface area contributed by atoms with Gasteiger partial charge < -0.3 is 5.32 Å². The molecule has 0 aliphatic rings. The lowest BCUT2D eigenvalue weighted by molar-refractivity contribution is -0.384. The number of anilines is 1. The number of nitro groups is 1. The molecule has 22 heavy (non-hydrogen) atoms. The van der Waals surface area contributed by atoms with Gasteiger partial charge in [0.25, 0.3) is 11.6 Å². The normalized spacial score (nSPS) is 11.1. The number of halogens is 2. The van der Waals surface area contributed by atoms with Gasteiger partial charge in [-0.05, 0) is 17.7 Å². The van der Waals surface area contributed by atoms with Crippen LogP contribution in [0.25, 0.3) is 6.08 Å². The van der Waals surface area contributed by atoms with Gasteiger partial charge in [0.2, 0.25) is 0 Å². The fraction of sp³-hybridized carbons (Fsp3) is 0. The van der Waals surface area contributed by atoms with Gasteiger partial charge >= 0.3 is 0 Å². The molecule has 0 saturated carbocycles. The number of nitrogens with zero attached hydrogens (tertiary/aromatic N) is 1. The zero-order chi connectivity index (χ0) is 16.1. The Bertz CT molecular complexity index is 748. The van der Waals surface area contributed by atoms with E-state index < -0.39 is 16.6 Å². The molecule has 7 heteroatoms. The predicted octanol–water partition coefficient (Wildman–Crippen LogP) is 3.95. The molecule has 0 fully saturated rings. The third kappa shape index (κ3) is 3.89. The third-order valence-electron chi connectivity index (χ3n) is 2.72. The van der Waals surface area contributed by atoms with Crippen molar-refractivity contribution < 1.29 is 14.1 Å². The second-order valence-corrected chi connectivity index (χ2v) is 4.69. The number of rotatable bonds is 4. The highest BCUT2D eigenvalue weighted by atomic mass is 35.5. The maximum Gasteiger partial charge on any atom is 0.271 e. The van der Waals surface area contributed by atoms with Crippen LogP contribution in [0.4, 0.5) is 15.8 Å². The van der Waals surface area contributed by atoms with Crippen molar-refractivity contribution >= 4 is 35.0 Å². The summed E-state index contributed by atoms with van der Waals surface area (Å²) in [6.45, 7) is 0. The van der Waals surface area contributed by atoms with Crippen LogP contribution in [0.1, 0.15) is 5.56 Å². The fourth-order valence-electron chi connectivity index (χ4n) is 1.67. The average Bonchev–Trinajstić information content (AvgIpc) is 2.50. The van der Waals surface area contributed by atoms with Crippen molar-refractivity contribution in [2.75, 3.05) is 5.32 Å². The quantitative estimate of drug-likeness (QED) is 0.526. The molecule has 112 valence electrons. The number of non-ortho nitro benzene ring substituents is 1. The van der Waals surface area contributed by atoms with Gasteiger partial charge in [-0.2, -0.15) is 0 Å². The van der Waals surface area contributed by atoms with Crippen molar-refractivity contribution in [2.45, 2.75) is 0 Å². The SMILES string of the molecule is O=C(Nc1cc([N+](=O)[O-])ccc1F)/C(Cl)=C/c1ccccc1. The highest BCUT2D eigenvalue weighted by Crippen LogP contribution is 2.22. The molecule has 0 heterocycles. The minimum absolute atomic E-state index is 0.169. The van der Waals surface area contributed by atoms with Crippen LogP contribution in [0.3, 0.4) is 0 Å². The van der Waals surface area contributed by atoms with E-state index in [1.54, 1.807) is 24.3 Å². The van der Waals surface area contributed by atoms with Gasteiger partial charge in [-0.3, -0.25) is 14.9 Å². The fourth-order valence-corrected chi connectivity index (χ4v) is 1.84. The smallest absolute Gasteiger partial charge is 0.271 e. The van der Waals surface area contributed by atoms with E-state index >= 15 is 0 Å². The molecular weight excluding hydrogens is 311 g/mol. The van der Waals surface area contributed by atoms with Crippen LogP contribution in [0.2, 0.25) is 0 Å². The summed E-state index contributed by atoms with van der Waals surface area (Å²) >= 11 is 5.86. The summed E-state index contributed by atoms with van der Waals surface area (Å²) in [5.74, 6) is -1.55. The second-order valence-electron chi connectivity index (χ2n) is 4.28. The molecule has 1 N–H and O–H groups in total. The van der Waals surface area contributed by atoms with E-state index in [9.17, 15) is 19.3 Å². The highest BCUT2D eigenvalue weighted by Gasteiger charge is 2.14. The number of benzene rings is 2. The summed E-state index contributed by atoms with van der Waals surface area (Å²) in [6, 6.07) is 11.7. The van der Waals surface area contributed by atoms with Crippen LogP contribution in [0, 0.1) is 15.9 Å². The zero-order valence-electron chi connectivity index (χ0n) is 11.1. The highest BCUT2D eigenvalue weighted by molar-refractivity contribution is 6.45. The second kappa shape index (κ2) is 6.82. The maximum atomic E-state index is 13.6. The number of hydrogen-bond donors (Lipinski definition) is 1. The molecule has 0 saturated heterocycles. The van der Waals surface area contributed by atoms with Crippen molar-refractivity contribution in [3.8, 4) is 0 Å². The molecule has 0 bridgehead atoms. The van der Waals surface area contributed by atoms with Gasteiger partial charge in [0, 0.05) is 12.1 Å². The summed E-state index contributed by atoms with van der Waals surface area (Å²) in [6.07, 6.45) is 1.41. The standard InChI is InChI=1S/C15H10ClFN2O3/c16-12(8-10-4-2-1-3-5-10)15(20)18-14-9-11(19(21)22)6-7-13(14)17/h1-9H,(H,18,20)/b12-8-. The maximum absolute atomic E-state index is 13.6. The molecule has 0 radical (unpaired) electrons. The predicted molar refractivity (Wildman–Crippen MR) is 82.0 cm³/mol. The first-order valence-electron chi connectivity index (χ1n) is 6.15. The van der Waals surface area contributed by atoms with Crippen LogP contribution >= 0.6 is 11.6 Å². The Morgan fingerprint density at radius 2 is 1.91 bits per heavy atom. The van der Waals surface area contributed by atoms with Gasteiger partial charge in [0.1, 0.15) is 10.8 Å². The number of hydrogen-bond acceptors (Lipinski definition) is 3. The number of nitro benzene ring substituents is 1. The first-order chi connectivity index (χ1) is 10.5. The van der Waals surface area contributed by atoms with Crippen LogP contribution in [0.5, 0.6) is 0 Å². The average molecular weight is 321 g/mol. The topological polar surface area (TPSA) is 72.2 Å². The summed E-state index contributed by atoms with van der Waals surface area (Å²) in [4.78, 5) is 21.9. The van der Waals surface area contributed by atoms with Crippen molar-refractivity contribution in [1.82, 2.24) is 0 Å². The van der Waals surface area contributed by atoms with Gasteiger partial charge in [-0.25, -0.2) is 4.39 Å². The van der Waals surface area contributed by atoms with Crippen molar-refractivity contribution in [3.63, 3.8) is 0 Å². The van der Waals surface area contributed by atoms with Gasteiger partial charge in [-0.15, -0.1) is 0 Å². The Balaban J connectivity index is 2.20. The Morgan fingerprint density at radius 1 is 1.23 bits per heavy atom. The Morgan fingerprint density at radius 3 is 2.55 bits per heavy atom. The lowest BCUT2D eigenvalue weighted by atomic mass is 10.2. The summed E-state index contributed by atoms with van der Waals surface area (Å²) < 4.78 is 13.6. The molecule has 2 rings (SSSR count). The third-order valence-corrected chi connectivity index (χ3v) is 3.00.